The lowest BCUT2D eigenvalue weighted by molar-refractivity contribution is -0.149. The molecule has 1 aromatic carbocycles. The minimum absolute atomic E-state index is 0.00215. The first-order valence-electron chi connectivity index (χ1n) is 8.84. The van der Waals surface area contributed by atoms with Gasteiger partial charge in [0.1, 0.15) is 5.75 Å². The summed E-state index contributed by atoms with van der Waals surface area (Å²) in [6.45, 7) is 1.46. The lowest BCUT2D eigenvalue weighted by Gasteiger charge is -2.32. The summed E-state index contributed by atoms with van der Waals surface area (Å²) in [5.41, 5.74) is 0.774. The molecule has 3 rings (SSSR count). The second-order valence-corrected chi connectivity index (χ2v) is 6.73. The fourth-order valence-electron chi connectivity index (χ4n) is 3.65. The maximum atomic E-state index is 12.8. The molecule has 2 aliphatic rings. The van der Waals surface area contributed by atoms with E-state index in [1.165, 1.54) is 7.11 Å². The molecule has 7 heteroatoms. The molecular formula is C19H24N2O5. The molecule has 0 N–H and O–H groups in total. The van der Waals surface area contributed by atoms with Crippen LogP contribution in [0.2, 0.25) is 0 Å². The molecule has 0 spiro atoms. The Morgan fingerprint density at radius 2 is 1.69 bits per heavy atom. The van der Waals surface area contributed by atoms with Crippen LogP contribution in [0.4, 0.5) is 5.69 Å². The van der Waals surface area contributed by atoms with Crippen LogP contribution in [0.3, 0.4) is 0 Å². The SMILES string of the molecule is COC(=O)C1CCN(C(=O)[C@H]2CC(=O)N(c3ccc(OC)cc3)C2)CC1. The van der Waals surface area contributed by atoms with E-state index in [9.17, 15) is 14.4 Å². The summed E-state index contributed by atoms with van der Waals surface area (Å²) >= 11 is 0. The van der Waals surface area contributed by atoms with Gasteiger partial charge in [-0.15, -0.1) is 0 Å². The van der Waals surface area contributed by atoms with Gasteiger partial charge >= 0.3 is 5.97 Å². The van der Waals surface area contributed by atoms with Crippen molar-refractivity contribution in [2.75, 3.05) is 38.8 Å². The van der Waals surface area contributed by atoms with E-state index in [0.29, 0.717) is 32.5 Å². The van der Waals surface area contributed by atoms with Gasteiger partial charge < -0.3 is 19.3 Å². The normalized spacial score (nSPS) is 21.0. The van der Waals surface area contributed by atoms with Crippen molar-refractivity contribution in [1.82, 2.24) is 4.90 Å². The lowest BCUT2D eigenvalue weighted by atomic mass is 9.95. The van der Waals surface area contributed by atoms with Gasteiger partial charge in [-0.25, -0.2) is 0 Å². The first-order chi connectivity index (χ1) is 12.5. The Balaban J connectivity index is 1.59. The number of hydrogen-bond donors (Lipinski definition) is 0. The number of benzene rings is 1. The average Bonchev–Trinajstić information content (AvgIpc) is 3.08. The molecule has 26 heavy (non-hydrogen) atoms. The van der Waals surface area contributed by atoms with Crippen molar-refractivity contribution >= 4 is 23.5 Å². The van der Waals surface area contributed by atoms with Gasteiger partial charge in [-0.3, -0.25) is 14.4 Å². The zero-order valence-electron chi connectivity index (χ0n) is 15.1. The molecular weight excluding hydrogens is 336 g/mol. The van der Waals surface area contributed by atoms with Gasteiger partial charge in [-0.05, 0) is 37.1 Å². The number of piperidine rings is 1. The average molecular weight is 360 g/mol. The molecule has 2 fully saturated rings. The number of amides is 2. The van der Waals surface area contributed by atoms with E-state index in [1.54, 1.807) is 29.0 Å². The van der Waals surface area contributed by atoms with E-state index in [2.05, 4.69) is 0 Å². The van der Waals surface area contributed by atoms with Gasteiger partial charge in [0.15, 0.2) is 0 Å². The summed E-state index contributed by atoms with van der Waals surface area (Å²) in [6.07, 6.45) is 1.45. The van der Waals surface area contributed by atoms with Crippen LogP contribution in [0.5, 0.6) is 5.75 Å². The van der Waals surface area contributed by atoms with E-state index < -0.39 is 0 Å². The predicted octanol–water partition coefficient (Wildman–Crippen LogP) is 1.46. The highest BCUT2D eigenvalue weighted by Crippen LogP contribution is 2.29. The van der Waals surface area contributed by atoms with Crippen LogP contribution < -0.4 is 9.64 Å². The van der Waals surface area contributed by atoms with E-state index >= 15 is 0 Å². The highest BCUT2D eigenvalue weighted by molar-refractivity contribution is 6.00. The molecule has 0 bridgehead atoms. The quantitative estimate of drug-likeness (QED) is 0.760. The number of carbonyl (C=O) groups excluding carboxylic acids is 3. The third-order valence-corrected chi connectivity index (χ3v) is 5.20. The number of nitrogens with zero attached hydrogens (tertiary/aromatic N) is 2. The molecule has 0 aliphatic carbocycles. The van der Waals surface area contributed by atoms with Gasteiger partial charge in [0.05, 0.1) is 26.1 Å². The molecule has 2 amide bonds. The number of carbonyl (C=O) groups is 3. The largest absolute Gasteiger partial charge is 0.497 e. The Morgan fingerprint density at radius 1 is 1.04 bits per heavy atom. The van der Waals surface area contributed by atoms with Crippen molar-refractivity contribution in [3.05, 3.63) is 24.3 Å². The van der Waals surface area contributed by atoms with Crippen molar-refractivity contribution in [2.24, 2.45) is 11.8 Å². The Bertz CT molecular complexity index is 680. The van der Waals surface area contributed by atoms with Crippen LogP contribution in [0, 0.1) is 11.8 Å². The van der Waals surface area contributed by atoms with Gasteiger partial charge in [0.2, 0.25) is 11.8 Å². The Kier molecular flexibility index (Phi) is 5.44. The fourth-order valence-corrected chi connectivity index (χ4v) is 3.65. The van der Waals surface area contributed by atoms with Gasteiger partial charge in [-0.2, -0.15) is 0 Å². The maximum Gasteiger partial charge on any atom is 0.308 e. The maximum absolute atomic E-state index is 12.8. The second-order valence-electron chi connectivity index (χ2n) is 6.73. The summed E-state index contributed by atoms with van der Waals surface area (Å²) in [6, 6.07) is 7.25. The van der Waals surface area contributed by atoms with Crippen molar-refractivity contribution in [3.8, 4) is 5.75 Å². The topological polar surface area (TPSA) is 76.2 Å². The number of hydrogen-bond acceptors (Lipinski definition) is 5. The highest BCUT2D eigenvalue weighted by Gasteiger charge is 2.38. The molecule has 0 radical (unpaired) electrons. The third kappa shape index (κ3) is 3.66. The van der Waals surface area contributed by atoms with Crippen molar-refractivity contribution in [2.45, 2.75) is 19.3 Å². The number of likely N-dealkylation sites (tertiary alicyclic amines) is 1. The van der Waals surface area contributed by atoms with Crippen LogP contribution in [-0.4, -0.2) is 56.5 Å². The molecule has 0 aromatic heterocycles. The van der Waals surface area contributed by atoms with Crippen LogP contribution in [0.15, 0.2) is 24.3 Å². The van der Waals surface area contributed by atoms with Crippen LogP contribution in [0.25, 0.3) is 0 Å². The van der Waals surface area contributed by atoms with E-state index in [0.717, 1.165) is 11.4 Å². The third-order valence-electron chi connectivity index (χ3n) is 5.20. The van der Waals surface area contributed by atoms with Gasteiger partial charge in [0, 0.05) is 31.7 Å². The van der Waals surface area contributed by atoms with Crippen LogP contribution in [0.1, 0.15) is 19.3 Å². The van der Waals surface area contributed by atoms with E-state index in [1.807, 2.05) is 12.1 Å². The summed E-state index contributed by atoms with van der Waals surface area (Å²) in [5, 5.41) is 0. The number of ether oxygens (including phenoxy) is 2. The van der Waals surface area contributed by atoms with Crippen molar-refractivity contribution in [1.29, 1.82) is 0 Å². The number of anilines is 1. The second kappa shape index (κ2) is 7.76. The zero-order chi connectivity index (χ0) is 18.7. The molecule has 0 unspecified atom stereocenters. The summed E-state index contributed by atoms with van der Waals surface area (Å²) in [4.78, 5) is 40.2. The Hall–Kier alpha value is -2.57. The van der Waals surface area contributed by atoms with Gasteiger partial charge in [0.25, 0.3) is 0 Å². The van der Waals surface area contributed by atoms with Gasteiger partial charge in [-0.1, -0.05) is 0 Å². The molecule has 140 valence electrons. The molecule has 2 aliphatic heterocycles. The molecule has 2 heterocycles. The summed E-state index contributed by atoms with van der Waals surface area (Å²) in [7, 11) is 2.98. The standard InChI is InChI=1S/C19H24N2O5/c1-25-16-5-3-15(4-6-16)21-12-14(11-17(21)22)18(23)20-9-7-13(8-10-20)19(24)26-2/h3-6,13-14H,7-12H2,1-2H3/t14-/m0/s1. The van der Waals surface area contributed by atoms with Crippen LogP contribution in [-0.2, 0) is 19.1 Å². The summed E-state index contributed by atoms with van der Waals surface area (Å²) < 4.78 is 9.91. The first kappa shape index (κ1) is 18.2. The number of rotatable bonds is 4. The number of esters is 1. The fraction of sp³-hybridized carbons (Fsp3) is 0.526. The molecule has 0 saturated carbocycles. The molecule has 2 saturated heterocycles. The first-order valence-corrected chi connectivity index (χ1v) is 8.84. The molecule has 1 aromatic rings. The Labute approximate surface area is 152 Å². The van der Waals surface area contributed by atoms with E-state index in [4.69, 9.17) is 9.47 Å². The van der Waals surface area contributed by atoms with Crippen molar-refractivity contribution in [3.63, 3.8) is 0 Å². The molecule has 7 nitrogen and oxygen atoms in total. The highest BCUT2D eigenvalue weighted by atomic mass is 16.5. The summed E-state index contributed by atoms with van der Waals surface area (Å²) in [5.74, 6) is 0.000278. The monoisotopic (exact) mass is 360 g/mol. The number of methoxy groups -OCH3 is 2. The van der Waals surface area contributed by atoms with Crippen molar-refractivity contribution < 1.29 is 23.9 Å². The Morgan fingerprint density at radius 3 is 2.27 bits per heavy atom. The zero-order valence-corrected chi connectivity index (χ0v) is 15.1. The minimum Gasteiger partial charge on any atom is -0.497 e. The lowest BCUT2D eigenvalue weighted by Crippen LogP contribution is -2.43. The predicted molar refractivity (Wildman–Crippen MR) is 94.8 cm³/mol. The van der Waals surface area contributed by atoms with Crippen LogP contribution >= 0.6 is 0 Å². The molecule has 1 atom stereocenters. The minimum atomic E-state index is -0.334. The van der Waals surface area contributed by atoms with E-state index in [-0.39, 0.29) is 36.0 Å². The smallest absolute Gasteiger partial charge is 0.308 e.